The van der Waals surface area contributed by atoms with Crippen LogP contribution in [0.3, 0.4) is 0 Å². The lowest BCUT2D eigenvalue weighted by Gasteiger charge is -2.25. The van der Waals surface area contributed by atoms with Crippen LogP contribution in [-0.4, -0.2) is 27.1 Å². The van der Waals surface area contributed by atoms with Crippen molar-refractivity contribution in [2.75, 3.05) is 6.54 Å². The van der Waals surface area contributed by atoms with E-state index >= 15 is 0 Å². The average molecular weight is 301 g/mol. The van der Waals surface area contributed by atoms with Crippen LogP contribution in [0.5, 0.6) is 0 Å². The summed E-state index contributed by atoms with van der Waals surface area (Å²) < 4.78 is 7.23. The first kappa shape index (κ1) is 14.9. The number of rotatable bonds is 4. The number of hydrogen-bond acceptors (Lipinski definition) is 3. The Morgan fingerprint density at radius 2 is 2.27 bits per heavy atom. The van der Waals surface area contributed by atoms with Crippen LogP contribution in [0.15, 0.2) is 22.8 Å². The molecule has 1 saturated heterocycles. The Morgan fingerprint density at radius 3 is 2.91 bits per heavy atom. The van der Waals surface area contributed by atoms with E-state index in [2.05, 4.69) is 12.0 Å². The largest absolute Gasteiger partial charge is 0.469 e. The maximum atomic E-state index is 12.6. The lowest BCUT2D eigenvalue weighted by molar-refractivity contribution is -0.132. The first-order valence-corrected chi connectivity index (χ1v) is 7.90. The second-order valence-electron chi connectivity index (χ2n) is 6.03. The lowest BCUT2D eigenvalue weighted by atomic mass is 10.0. The van der Waals surface area contributed by atoms with Gasteiger partial charge in [-0.05, 0) is 38.8 Å². The van der Waals surface area contributed by atoms with Crippen molar-refractivity contribution in [3.05, 3.63) is 41.1 Å². The van der Waals surface area contributed by atoms with Gasteiger partial charge >= 0.3 is 0 Å². The minimum atomic E-state index is 0.179. The number of hydrogen-bond donors (Lipinski definition) is 0. The molecule has 0 aliphatic carbocycles. The highest BCUT2D eigenvalue weighted by Gasteiger charge is 2.33. The van der Waals surface area contributed by atoms with Crippen molar-refractivity contribution in [2.24, 2.45) is 7.05 Å². The minimum Gasteiger partial charge on any atom is -0.469 e. The van der Waals surface area contributed by atoms with Gasteiger partial charge in [0, 0.05) is 37.7 Å². The fourth-order valence-electron chi connectivity index (χ4n) is 3.47. The first-order chi connectivity index (χ1) is 10.6. The number of carbonyl (C=O) groups is 1. The molecule has 0 radical (unpaired) electrons. The Kier molecular flexibility index (Phi) is 4.05. The topological polar surface area (TPSA) is 51.3 Å². The summed E-state index contributed by atoms with van der Waals surface area (Å²) in [6.07, 6.45) is 4.91. The Hall–Kier alpha value is -2.04. The van der Waals surface area contributed by atoms with Crippen molar-refractivity contribution in [3.63, 3.8) is 0 Å². The maximum Gasteiger partial charge on any atom is 0.223 e. The Morgan fingerprint density at radius 1 is 1.45 bits per heavy atom. The fraction of sp³-hybridized carbons (Fsp3) is 0.529. The van der Waals surface area contributed by atoms with Crippen LogP contribution in [0, 0.1) is 13.8 Å². The van der Waals surface area contributed by atoms with Gasteiger partial charge in [-0.1, -0.05) is 0 Å². The summed E-state index contributed by atoms with van der Waals surface area (Å²) in [5, 5.41) is 4.50. The van der Waals surface area contributed by atoms with Crippen LogP contribution >= 0.6 is 0 Å². The maximum absolute atomic E-state index is 12.6. The first-order valence-electron chi connectivity index (χ1n) is 7.90. The van der Waals surface area contributed by atoms with Gasteiger partial charge in [0.1, 0.15) is 5.76 Å². The van der Waals surface area contributed by atoms with E-state index in [0.717, 1.165) is 36.5 Å². The Labute approximate surface area is 130 Å². The molecule has 0 saturated carbocycles. The number of furan rings is 1. The molecule has 1 unspecified atom stereocenters. The number of nitrogens with zero attached hydrogens (tertiary/aromatic N) is 3. The highest BCUT2D eigenvalue weighted by Crippen LogP contribution is 2.35. The summed E-state index contributed by atoms with van der Waals surface area (Å²) in [6, 6.07) is 3.96. The summed E-state index contributed by atoms with van der Waals surface area (Å²) in [5.74, 6) is 1.08. The second kappa shape index (κ2) is 5.99. The van der Waals surface area contributed by atoms with E-state index in [0.29, 0.717) is 12.8 Å². The third-order valence-electron chi connectivity index (χ3n) is 4.64. The van der Waals surface area contributed by atoms with Gasteiger partial charge in [-0.25, -0.2) is 0 Å². The summed E-state index contributed by atoms with van der Waals surface area (Å²) in [5.41, 5.74) is 3.43. The van der Waals surface area contributed by atoms with E-state index in [4.69, 9.17) is 4.42 Å². The van der Waals surface area contributed by atoms with Gasteiger partial charge in [-0.3, -0.25) is 9.48 Å². The molecule has 5 nitrogen and oxygen atoms in total. The van der Waals surface area contributed by atoms with E-state index in [1.165, 1.54) is 5.56 Å². The van der Waals surface area contributed by atoms with Crippen LogP contribution < -0.4 is 0 Å². The van der Waals surface area contributed by atoms with Crippen molar-refractivity contribution in [1.29, 1.82) is 0 Å². The lowest BCUT2D eigenvalue weighted by Crippen LogP contribution is -2.31. The molecule has 2 aromatic rings. The number of aryl methyl sites for hydroxylation is 3. The number of aromatic nitrogens is 2. The van der Waals surface area contributed by atoms with Crippen molar-refractivity contribution in [1.82, 2.24) is 14.7 Å². The van der Waals surface area contributed by atoms with Crippen molar-refractivity contribution in [3.8, 4) is 0 Å². The Balaban J connectivity index is 1.73. The molecule has 22 heavy (non-hydrogen) atoms. The molecule has 1 amide bonds. The number of likely N-dealkylation sites (tertiary alicyclic amines) is 1. The highest BCUT2D eigenvalue weighted by atomic mass is 16.3. The van der Waals surface area contributed by atoms with E-state index in [9.17, 15) is 4.79 Å². The molecule has 0 bridgehead atoms. The zero-order chi connectivity index (χ0) is 15.7. The summed E-state index contributed by atoms with van der Waals surface area (Å²) >= 11 is 0. The zero-order valence-corrected chi connectivity index (χ0v) is 13.5. The number of amides is 1. The minimum absolute atomic E-state index is 0.179. The van der Waals surface area contributed by atoms with Crippen molar-refractivity contribution in [2.45, 2.75) is 45.6 Å². The Bertz CT molecular complexity index is 658. The average Bonchev–Trinajstić information content (AvgIpc) is 3.19. The highest BCUT2D eigenvalue weighted by molar-refractivity contribution is 5.77. The SMILES string of the molecule is Cc1nn(C)c(C)c1C1CCCN1C(=O)CCc1ccco1. The smallest absolute Gasteiger partial charge is 0.223 e. The van der Waals surface area contributed by atoms with E-state index in [1.54, 1.807) is 6.26 Å². The van der Waals surface area contributed by atoms with Crippen LogP contribution in [0.1, 0.15) is 48.0 Å². The predicted molar refractivity (Wildman–Crippen MR) is 83.4 cm³/mol. The van der Waals surface area contributed by atoms with Crippen LogP contribution in [-0.2, 0) is 18.3 Å². The molecule has 0 N–H and O–H groups in total. The molecule has 0 aromatic carbocycles. The monoisotopic (exact) mass is 301 g/mol. The standard InChI is InChI=1S/C17H23N3O2/c1-12-17(13(2)19(3)18-12)15-7-4-10-20(15)16(21)9-8-14-6-5-11-22-14/h5-6,11,15H,4,7-10H2,1-3H3. The third-order valence-corrected chi connectivity index (χ3v) is 4.64. The fourth-order valence-corrected chi connectivity index (χ4v) is 3.47. The molecular weight excluding hydrogens is 278 g/mol. The number of carbonyl (C=O) groups excluding carboxylic acids is 1. The van der Waals surface area contributed by atoms with Crippen molar-refractivity contribution < 1.29 is 9.21 Å². The third kappa shape index (κ3) is 2.67. The molecule has 2 aromatic heterocycles. The van der Waals surface area contributed by atoms with Gasteiger partial charge < -0.3 is 9.32 Å². The molecule has 3 rings (SSSR count). The van der Waals surface area contributed by atoms with Crippen LogP contribution in [0.4, 0.5) is 0 Å². The van der Waals surface area contributed by atoms with E-state index < -0.39 is 0 Å². The molecule has 0 spiro atoms. The van der Waals surface area contributed by atoms with Gasteiger partial charge in [0.25, 0.3) is 0 Å². The molecular formula is C17H23N3O2. The van der Waals surface area contributed by atoms with Gasteiger partial charge in [0.15, 0.2) is 0 Å². The normalized spacial score (nSPS) is 18.1. The second-order valence-corrected chi connectivity index (χ2v) is 6.03. The molecule has 1 aliphatic heterocycles. The van der Waals surface area contributed by atoms with Crippen molar-refractivity contribution >= 4 is 5.91 Å². The molecule has 3 heterocycles. The predicted octanol–water partition coefficient (Wildman–Crippen LogP) is 2.93. The van der Waals surface area contributed by atoms with Gasteiger partial charge in [0.05, 0.1) is 18.0 Å². The van der Waals surface area contributed by atoms with E-state index in [1.807, 2.05) is 35.7 Å². The molecule has 1 aliphatic rings. The van der Waals surface area contributed by atoms with Gasteiger partial charge in [-0.15, -0.1) is 0 Å². The van der Waals surface area contributed by atoms with Gasteiger partial charge in [0.2, 0.25) is 5.91 Å². The molecule has 118 valence electrons. The summed E-state index contributed by atoms with van der Waals surface area (Å²) in [6.45, 7) is 4.96. The molecule has 1 fully saturated rings. The van der Waals surface area contributed by atoms with Crippen LogP contribution in [0.25, 0.3) is 0 Å². The summed E-state index contributed by atoms with van der Waals surface area (Å²) in [4.78, 5) is 14.6. The zero-order valence-electron chi connectivity index (χ0n) is 13.5. The molecule has 1 atom stereocenters. The quantitative estimate of drug-likeness (QED) is 0.872. The molecule has 5 heteroatoms. The van der Waals surface area contributed by atoms with Crippen LogP contribution in [0.2, 0.25) is 0 Å². The van der Waals surface area contributed by atoms with Gasteiger partial charge in [-0.2, -0.15) is 5.10 Å². The summed E-state index contributed by atoms with van der Waals surface area (Å²) in [7, 11) is 1.96. The van der Waals surface area contributed by atoms with E-state index in [-0.39, 0.29) is 11.9 Å².